The Kier molecular flexibility index (Phi) is 1.55. The minimum Gasteiger partial charge on any atom is -0.298 e. The fourth-order valence-corrected chi connectivity index (χ4v) is 1.37. The quantitative estimate of drug-likeness (QED) is 0.652. The summed E-state index contributed by atoms with van der Waals surface area (Å²) in [6, 6.07) is 2.88. The van der Waals surface area contributed by atoms with E-state index in [0.717, 1.165) is 12.0 Å². The van der Waals surface area contributed by atoms with Crippen molar-refractivity contribution in [3.63, 3.8) is 0 Å². The average Bonchev–Trinajstić information content (AvgIpc) is 2.40. The second kappa shape index (κ2) is 2.58. The lowest BCUT2D eigenvalue weighted by molar-refractivity contribution is 0.112. The molecule has 2 aromatic heterocycles. The van der Waals surface area contributed by atoms with Crippen molar-refractivity contribution >= 4 is 11.8 Å². The third-order valence-corrected chi connectivity index (χ3v) is 2.01. The molecule has 66 valence electrons. The van der Waals surface area contributed by atoms with Gasteiger partial charge in [0.2, 0.25) is 0 Å². The molecule has 2 heterocycles. The topological polar surface area (TPSA) is 54.3 Å². The minimum absolute atomic E-state index is 0.0953. The van der Waals surface area contributed by atoms with Crippen LogP contribution in [0.2, 0.25) is 0 Å². The van der Waals surface area contributed by atoms with Crippen molar-refractivity contribution in [1.29, 1.82) is 0 Å². The van der Waals surface area contributed by atoms with Crippen molar-refractivity contribution in [2.24, 2.45) is 0 Å². The zero-order chi connectivity index (χ0) is 9.42. The Labute approximate surface area is 73.8 Å². The lowest BCUT2D eigenvalue weighted by Crippen LogP contribution is -1.99. The van der Waals surface area contributed by atoms with Crippen molar-refractivity contribution in [3.05, 3.63) is 39.8 Å². The van der Waals surface area contributed by atoms with Gasteiger partial charge in [-0.2, -0.15) is 0 Å². The summed E-state index contributed by atoms with van der Waals surface area (Å²) in [6.45, 7) is 1.79. The van der Waals surface area contributed by atoms with Gasteiger partial charge in [-0.25, -0.2) is 0 Å². The highest BCUT2D eigenvalue weighted by atomic mass is 16.1. The van der Waals surface area contributed by atoms with E-state index in [2.05, 4.69) is 5.10 Å². The molecular formula is C9H8N2O2. The molecule has 0 amide bonds. The summed E-state index contributed by atoms with van der Waals surface area (Å²) in [5, 5.41) is 2.95. The number of aromatic nitrogens is 2. The second-order valence-electron chi connectivity index (χ2n) is 2.89. The van der Waals surface area contributed by atoms with Crippen LogP contribution in [0.4, 0.5) is 0 Å². The molecule has 1 N–H and O–H groups in total. The molecule has 0 aliphatic heterocycles. The van der Waals surface area contributed by atoms with Gasteiger partial charge in [0, 0.05) is 24.0 Å². The van der Waals surface area contributed by atoms with Gasteiger partial charge in [0.1, 0.15) is 0 Å². The first kappa shape index (κ1) is 7.79. The number of H-pyrrole nitrogens is 1. The standard InChI is InChI=1S/C9H8N2O2/c1-6-8(5-12)9-4-7(13)2-3-11(9)10-6/h2-5,10H,1H3. The highest BCUT2D eigenvalue weighted by Crippen LogP contribution is 2.09. The van der Waals surface area contributed by atoms with Crippen LogP contribution in [0.1, 0.15) is 16.1 Å². The van der Waals surface area contributed by atoms with Gasteiger partial charge >= 0.3 is 0 Å². The zero-order valence-electron chi connectivity index (χ0n) is 7.07. The van der Waals surface area contributed by atoms with Gasteiger partial charge in [-0.15, -0.1) is 0 Å². The van der Waals surface area contributed by atoms with Crippen molar-refractivity contribution in [2.75, 3.05) is 0 Å². The van der Waals surface area contributed by atoms with E-state index in [0.29, 0.717) is 11.1 Å². The summed E-state index contributed by atoms with van der Waals surface area (Å²) in [5.74, 6) is 0. The summed E-state index contributed by atoms with van der Waals surface area (Å²) < 4.78 is 1.65. The molecule has 0 atom stereocenters. The predicted molar refractivity (Wildman–Crippen MR) is 48.1 cm³/mol. The molecule has 4 nitrogen and oxygen atoms in total. The first-order valence-corrected chi connectivity index (χ1v) is 3.88. The Hall–Kier alpha value is -1.84. The number of rotatable bonds is 1. The van der Waals surface area contributed by atoms with E-state index in [9.17, 15) is 9.59 Å². The summed E-state index contributed by atoms with van der Waals surface area (Å²) in [6.07, 6.45) is 2.36. The molecule has 0 radical (unpaired) electrons. The highest BCUT2D eigenvalue weighted by Gasteiger charge is 2.05. The number of nitrogens with zero attached hydrogens (tertiary/aromatic N) is 1. The minimum atomic E-state index is -0.0953. The molecule has 0 aliphatic rings. The maximum atomic E-state index is 11.0. The molecular weight excluding hydrogens is 168 g/mol. The summed E-state index contributed by atoms with van der Waals surface area (Å²) >= 11 is 0. The van der Waals surface area contributed by atoms with Crippen molar-refractivity contribution in [2.45, 2.75) is 6.92 Å². The summed E-state index contributed by atoms with van der Waals surface area (Å²) in [7, 11) is 0. The van der Waals surface area contributed by atoms with Crippen LogP contribution in [0, 0.1) is 6.92 Å². The maximum Gasteiger partial charge on any atom is 0.182 e. The number of pyridine rings is 1. The predicted octanol–water partition coefficient (Wildman–Crippen LogP) is 0.749. The zero-order valence-corrected chi connectivity index (χ0v) is 7.07. The molecule has 0 saturated carbocycles. The van der Waals surface area contributed by atoms with Gasteiger partial charge in [0.05, 0.1) is 11.1 Å². The van der Waals surface area contributed by atoms with E-state index >= 15 is 0 Å². The van der Waals surface area contributed by atoms with Crippen LogP contribution in [0.3, 0.4) is 0 Å². The Balaban J connectivity index is 2.96. The molecule has 2 aromatic rings. The van der Waals surface area contributed by atoms with Gasteiger partial charge in [-0.1, -0.05) is 0 Å². The summed E-state index contributed by atoms with van der Waals surface area (Å²) in [5.41, 5.74) is 1.83. The molecule has 0 fully saturated rings. The molecule has 13 heavy (non-hydrogen) atoms. The van der Waals surface area contributed by atoms with Crippen molar-refractivity contribution in [1.82, 2.24) is 9.61 Å². The first-order valence-electron chi connectivity index (χ1n) is 3.88. The third-order valence-electron chi connectivity index (χ3n) is 2.01. The maximum absolute atomic E-state index is 11.0. The van der Waals surface area contributed by atoms with Crippen LogP contribution in [-0.4, -0.2) is 15.9 Å². The molecule has 0 aromatic carbocycles. The first-order chi connectivity index (χ1) is 6.22. The largest absolute Gasteiger partial charge is 0.298 e. The van der Waals surface area contributed by atoms with E-state index in [1.54, 1.807) is 17.6 Å². The van der Waals surface area contributed by atoms with Crippen LogP contribution in [-0.2, 0) is 0 Å². The van der Waals surface area contributed by atoms with Crippen LogP contribution in [0.5, 0.6) is 0 Å². The molecule has 4 heteroatoms. The molecule has 0 bridgehead atoms. The number of carbonyl (C=O) groups excluding carboxylic acids is 1. The van der Waals surface area contributed by atoms with Crippen LogP contribution >= 0.6 is 0 Å². The average molecular weight is 176 g/mol. The van der Waals surface area contributed by atoms with Crippen LogP contribution in [0.15, 0.2) is 23.1 Å². The van der Waals surface area contributed by atoms with Gasteiger partial charge in [0.15, 0.2) is 11.7 Å². The Morgan fingerprint density at radius 1 is 1.54 bits per heavy atom. The fourth-order valence-electron chi connectivity index (χ4n) is 1.37. The van der Waals surface area contributed by atoms with Gasteiger partial charge in [0.25, 0.3) is 0 Å². The van der Waals surface area contributed by atoms with Crippen molar-refractivity contribution < 1.29 is 4.79 Å². The van der Waals surface area contributed by atoms with E-state index in [1.807, 2.05) is 0 Å². The van der Waals surface area contributed by atoms with Crippen LogP contribution in [0.25, 0.3) is 5.52 Å². The Morgan fingerprint density at radius 2 is 2.31 bits per heavy atom. The number of nitrogens with one attached hydrogen (secondary N) is 1. The highest BCUT2D eigenvalue weighted by molar-refractivity contribution is 5.87. The Morgan fingerprint density at radius 3 is 3.00 bits per heavy atom. The van der Waals surface area contributed by atoms with E-state index in [1.165, 1.54) is 12.1 Å². The number of aromatic amines is 1. The normalized spacial score (nSPS) is 10.5. The molecule has 0 aliphatic carbocycles. The van der Waals surface area contributed by atoms with E-state index < -0.39 is 0 Å². The van der Waals surface area contributed by atoms with E-state index in [4.69, 9.17) is 0 Å². The molecule has 0 spiro atoms. The Bertz CT molecular complexity index is 522. The third kappa shape index (κ3) is 1.07. The monoisotopic (exact) mass is 176 g/mol. The molecule has 0 unspecified atom stereocenters. The van der Waals surface area contributed by atoms with Gasteiger partial charge < -0.3 is 0 Å². The van der Waals surface area contributed by atoms with E-state index in [-0.39, 0.29) is 5.43 Å². The lowest BCUT2D eigenvalue weighted by Gasteiger charge is -1.90. The SMILES string of the molecule is Cc1[nH]n2ccc(=O)cc2c1C=O. The van der Waals surface area contributed by atoms with Crippen molar-refractivity contribution in [3.8, 4) is 0 Å². The number of hydrogen-bond acceptors (Lipinski definition) is 2. The van der Waals surface area contributed by atoms with Gasteiger partial charge in [-0.05, 0) is 6.92 Å². The number of hydrogen-bond donors (Lipinski definition) is 1. The number of aldehydes is 1. The number of aryl methyl sites for hydroxylation is 1. The molecule has 2 rings (SSSR count). The summed E-state index contributed by atoms with van der Waals surface area (Å²) in [4.78, 5) is 21.7. The second-order valence-corrected chi connectivity index (χ2v) is 2.89. The lowest BCUT2D eigenvalue weighted by atomic mass is 10.2. The molecule has 0 saturated heterocycles. The van der Waals surface area contributed by atoms with Crippen LogP contribution < -0.4 is 5.43 Å². The van der Waals surface area contributed by atoms with Gasteiger partial charge in [-0.3, -0.25) is 19.2 Å². The number of carbonyl (C=O) groups is 1. The smallest absolute Gasteiger partial charge is 0.182 e. The fraction of sp³-hybridized carbons (Fsp3) is 0.111. The number of fused-ring (bicyclic) bond motifs is 1.